The Bertz CT molecular complexity index is 864. The lowest BCUT2D eigenvalue weighted by Crippen LogP contribution is -2.17. The molecule has 0 spiro atoms. The lowest BCUT2D eigenvalue weighted by molar-refractivity contribution is -0.0235. The van der Waals surface area contributed by atoms with Gasteiger partial charge in [-0.2, -0.15) is 4.98 Å². The van der Waals surface area contributed by atoms with E-state index in [1.54, 1.807) is 18.4 Å². The van der Waals surface area contributed by atoms with E-state index >= 15 is 0 Å². The van der Waals surface area contributed by atoms with Crippen LogP contribution in [-0.2, 0) is 18.3 Å². The molecule has 0 aliphatic carbocycles. The van der Waals surface area contributed by atoms with Gasteiger partial charge in [0.1, 0.15) is 6.23 Å². The van der Waals surface area contributed by atoms with E-state index < -0.39 is 31.8 Å². The summed E-state index contributed by atoms with van der Waals surface area (Å²) >= 11 is 0. The highest BCUT2D eigenvalue weighted by molar-refractivity contribution is 7.47. The number of hydrogen-bond donors (Lipinski definition) is 3. The van der Waals surface area contributed by atoms with Crippen LogP contribution in [0, 0.1) is 0 Å². The van der Waals surface area contributed by atoms with Crippen LogP contribution in [0.3, 0.4) is 0 Å². The van der Waals surface area contributed by atoms with Crippen molar-refractivity contribution < 1.29 is 23.2 Å². The molecular formula is C13H20N5O6P. The fourth-order valence-electron chi connectivity index (χ4n) is 2.64. The minimum absolute atomic E-state index is 0.0100. The zero-order valence-corrected chi connectivity index (χ0v) is 14.7. The van der Waals surface area contributed by atoms with Gasteiger partial charge in [-0.25, -0.2) is 9.55 Å². The molecule has 3 atom stereocenters. The second kappa shape index (κ2) is 6.85. The predicted octanol–water partition coefficient (Wildman–Crippen LogP) is 0.921. The summed E-state index contributed by atoms with van der Waals surface area (Å²) in [5.41, 5.74) is 5.64. The summed E-state index contributed by atoms with van der Waals surface area (Å²) in [4.78, 5) is 31.9. The molecule has 25 heavy (non-hydrogen) atoms. The molecule has 3 heterocycles. The van der Waals surface area contributed by atoms with Crippen LogP contribution in [0.25, 0.3) is 11.2 Å². The Labute approximate surface area is 142 Å². The van der Waals surface area contributed by atoms with Gasteiger partial charge in [0.25, 0.3) is 5.56 Å². The minimum atomic E-state index is -4.11. The number of phosphoric acid groups is 1. The van der Waals surface area contributed by atoms with Crippen molar-refractivity contribution >= 4 is 24.9 Å². The summed E-state index contributed by atoms with van der Waals surface area (Å²) in [7, 11) is -4.11. The van der Waals surface area contributed by atoms with Gasteiger partial charge in [0.15, 0.2) is 11.2 Å². The van der Waals surface area contributed by atoms with Crippen LogP contribution in [0.1, 0.15) is 32.9 Å². The van der Waals surface area contributed by atoms with E-state index in [9.17, 15) is 14.3 Å². The maximum absolute atomic E-state index is 11.8. The molecule has 0 amide bonds. The van der Waals surface area contributed by atoms with Gasteiger partial charge in [0.05, 0.1) is 25.1 Å². The van der Waals surface area contributed by atoms with E-state index in [1.165, 1.54) is 6.33 Å². The van der Waals surface area contributed by atoms with E-state index in [4.69, 9.17) is 19.5 Å². The Morgan fingerprint density at radius 1 is 1.56 bits per heavy atom. The summed E-state index contributed by atoms with van der Waals surface area (Å²) in [6, 6.07) is 0. The summed E-state index contributed by atoms with van der Waals surface area (Å²) < 4.78 is 28.9. The van der Waals surface area contributed by atoms with Gasteiger partial charge in [-0.3, -0.25) is 23.4 Å². The quantitative estimate of drug-likeness (QED) is 0.627. The zero-order chi connectivity index (χ0) is 18.2. The van der Waals surface area contributed by atoms with Crippen LogP contribution < -0.4 is 11.3 Å². The molecule has 3 rings (SSSR count). The third kappa shape index (κ3) is 4.07. The van der Waals surface area contributed by atoms with Crippen molar-refractivity contribution in [1.82, 2.24) is 19.5 Å². The van der Waals surface area contributed by atoms with E-state index in [0.717, 1.165) is 0 Å². The van der Waals surface area contributed by atoms with Crippen LogP contribution >= 0.6 is 7.82 Å². The van der Waals surface area contributed by atoms with Crippen LogP contribution in [0.2, 0.25) is 0 Å². The first kappa shape index (κ1) is 18.0. The SMILES string of the molecule is CC(C)OP(=O)(O)OC[C@@H]1CC[C@H](n2cnc3c(=O)[nH]c(N)nc32)O1. The largest absolute Gasteiger partial charge is 0.472 e. The maximum Gasteiger partial charge on any atom is 0.472 e. The van der Waals surface area contributed by atoms with Crippen LogP contribution in [0.15, 0.2) is 11.1 Å². The number of nitrogens with one attached hydrogen (secondary N) is 1. The normalized spacial score (nSPS) is 23.4. The number of ether oxygens (including phenoxy) is 1. The number of nitrogens with two attached hydrogens (primary N) is 1. The Morgan fingerprint density at radius 3 is 3.04 bits per heavy atom. The van der Waals surface area contributed by atoms with E-state index in [-0.39, 0.29) is 18.1 Å². The number of H-pyrrole nitrogens is 1. The maximum atomic E-state index is 11.8. The standard InChI is InChI=1S/C13H20N5O6P/c1-7(2)24-25(20,21)22-5-8-3-4-9(23-8)18-6-15-10-11(18)16-13(14)17-12(10)19/h6-9H,3-5H2,1-2H3,(H,20,21)(H3,14,16,17,19)/t8-,9+/m0/s1. The van der Waals surface area contributed by atoms with Gasteiger partial charge in [-0.15, -0.1) is 0 Å². The fourth-order valence-corrected chi connectivity index (χ4v) is 3.59. The molecule has 4 N–H and O–H groups in total. The molecule has 138 valence electrons. The first-order valence-corrected chi connectivity index (χ1v) is 9.28. The molecule has 0 saturated carbocycles. The first-order chi connectivity index (χ1) is 11.7. The Kier molecular flexibility index (Phi) is 4.94. The molecule has 0 bridgehead atoms. The number of phosphoric ester groups is 1. The third-order valence-corrected chi connectivity index (χ3v) is 4.78. The number of rotatable bonds is 6. The van der Waals surface area contributed by atoms with Crippen molar-refractivity contribution in [2.24, 2.45) is 0 Å². The van der Waals surface area contributed by atoms with Crippen molar-refractivity contribution in [1.29, 1.82) is 0 Å². The van der Waals surface area contributed by atoms with Crippen molar-refractivity contribution in [3.8, 4) is 0 Å². The van der Waals surface area contributed by atoms with Gasteiger partial charge >= 0.3 is 7.82 Å². The zero-order valence-electron chi connectivity index (χ0n) is 13.8. The van der Waals surface area contributed by atoms with Crippen LogP contribution in [0.5, 0.6) is 0 Å². The molecule has 1 saturated heterocycles. The summed E-state index contributed by atoms with van der Waals surface area (Å²) in [6.07, 6.45) is 1.42. The fraction of sp³-hybridized carbons (Fsp3) is 0.615. The van der Waals surface area contributed by atoms with Gasteiger partial charge in [-0.1, -0.05) is 0 Å². The molecule has 1 unspecified atom stereocenters. The number of imidazole rings is 1. The second-order valence-electron chi connectivity index (χ2n) is 5.98. The smallest absolute Gasteiger partial charge is 0.369 e. The highest BCUT2D eigenvalue weighted by Crippen LogP contribution is 2.45. The second-order valence-corrected chi connectivity index (χ2v) is 7.39. The molecule has 0 aromatic carbocycles. The average molecular weight is 373 g/mol. The Hall–Kier alpha value is -1.78. The highest BCUT2D eigenvalue weighted by Gasteiger charge is 2.31. The summed E-state index contributed by atoms with van der Waals surface area (Å²) in [6.45, 7) is 3.19. The number of nitrogens with zero attached hydrogens (tertiary/aromatic N) is 3. The number of hydrogen-bond acceptors (Lipinski definition) is 8. The molecule has 2 aromatic heterocycles. The van der Waals surface area contributed by atoms with Crippen LogP contribution in [-0.4, -0.2) is 43.2 Å². The van der Waals surface area contributed by atoms with Crippen LogP contribution in [0.4, 0.5) is 5.95 Å². The Morgan fingerprint density at radius 2 is 2.32 bits per heavy atom. The number of nitrogen functional groups attached to an aromatic ring is 1. The molecule has 2 aromatic rings. The van der Waals surface area contributed by atoms with Crippen molar-refractivity contribution in [2.75, 3.05) is 12.3 Å². The van der Waals surface area contributed by atoms with E-state index in [2.05, 4.69) is 15.0 Å². The molecule has 1 fully saturated rings. The van der Waals surface area contributed by atoms with Crippen molar-refractivity contribution in [3.05, 3.63) is 16.7 Å². The van der Waals surface area contributed by atoms with Gasteiger partial charge in [0.2, 0.25) is 5.95 Å². The molecule has 1 aliphatic heterocycles. The van der Waals surface area contributed by atoms with E-state index in [1.807, 2.05) is 0 Å². The molecule has 12 heteroatoms. The topological polar surface area (TPSA) is 155 Å². The average Bonchev–Trinajstić information content (AvgIpc) is 3.10. The summed E-state index contributed by atoms with van der Waals surface area (Å²) in [5.74, 6) is -0.0100. The number of fused-ring (bicyclic) bond motifs is 1. The highest BCUT2D eigenvalue weighted by atomic mass is 31.2. The third-order valence-electron chi connectivity index (χ3n) is 3.61. The molecule has 0 radical (unpaired) electrons. The van der Waals surface area contributed by atoms with Gasteiger partial charge in [-0.05, 0) is 26.7 Å². The molecule has 11 nitrogen and oxygen atoms in total. The van der Waals surface area contributed by atoms with Crippen molar-refractivity contribution in [2.45, 2.75) is 45.1 Å². The summed E-state index contributed by atoms with van der Waals surface area (Å²) in [5, 5.41) is 0. The predicted molar refractivity (Wildman–Crippen MR) is 87.7 cm³/mol. The lowest BCUT2D eigenvalue weighted by Gasteiger charge is -2.18. The van der Waals surface area contributed by atoms with E-state index in [0.29, 0.717) is 18.5 Å². The van der Waals surface area contributed by atoms with Gasteiger partial charge < -0.3 is 15.4 Å². The first-order valence-electron chi connectivity index (χ1n) is 7.78. The van der Waals surface area contributed by atoms with Gasteiger partial charge in [0, 0.05) is 0 Å². The Balaban J connectivity index is 1.68. The number of aromatic amines is 1. The lowest BCUT2D eigenvalue weighted by atomic mass is 10.2. The van der Waals surface area contributed by atoms with Crippen molar-refractivity contribution in [3.63, 3.8) is 0 Å². The monoisotopic (exact) mass is 373 g/mol. The molecular weight excluding hydrogens is 353 g/mol. The molecule has 1 aliphatic rings. The minimum Gasteiger partial charge on any atom is -0.369 e. The number of anilines is 1. The number of aromatic nitrogens is 4.